The van der Waals surface area contributed by atoms with Crippen LogP contribution in [0.4, 0.5) is 0 Å². The molecule has 3 fully saturated rings. The molecular formula is C17H31NO2. The monoisotopic (exact) mass is 281 g/mol. The summed E-state index contributed by atoms with van der Waals surface area (Å²) in [6.07, 6.45) is 13.0. The van der Waals surface area contributed by atoms with Crippen LogP contribution < -0.4 is 5.32 Å². The average molecular weight is 281 g/mol. The zero-order valence-corrected chi connectivity index (χ0v) is 13.0. The summed E-state index contributed by atoms with van der Waals surface area (Å²) in [4.78, 5) is 0. The summed E-state index contributed by atoms with van der Waals surface area (Å²) in [6, 6.07) is 0.793. The Kier molecular flexibility index (Phi) is 5.36. The minimum Gasteiger partial charge on any atom is -0.375 e. The van der Waals surface area contributed by atoms with Crippen LogP contribution in [0, 0.1) is 5.92 Å². The first-order valence-electron chi connectivity index (χ1n) is 8.85. The molecule has 3 nitrogen and oxygen atoms in total. The fraction of sp³-hybridized carbons (Fsp3) is 1.00. The summed E-state index contributed by atoms with van der Waals surface area (Å²) >= 11 is 0. The van der Waals surface area contributed by atoms with E-state index in [2.05, 4.69) is 12.2 Å². The van der Waals surface area contributed by atoms with Gasteiger partial charge in [0.1, 0.15) is 0 Å². The predicted molar refractivity (Wildman–Crippen MR) is 80.9 cm³/mol. The van der Waals surface area contributed by atoms with E-state index >= 15 is 0 Å². The Balaban J connectivity index is 1.33. The number of ether oxygens (including phenoxy) is 2. The van der Waals surface area contributed by atoms with Gasteiger partial charge in [0.2, 0.25) is 0 Å². The van der Waals surface area contributed by atoms with E-state index in [0.717, 1.165) is 25.1 Å². The van der Waals surface area contributed by atoms with E-state index in [-0.39, 0.29) is 0 Å². The van der Waals surface area contributed by atoms with Crippen molar-refractivity contribution in [2.24, 2.45) is 5.92 Å². The lowest BCUT2D eigenvalue weighted by Crippen LogP contribution is -2.32. The number of nitrogens with one attached hydrogen (secondary N) is 1. The Hall–Kier alpha value is -0.120. The highest BCUT2D eigenvalue weighted by Crippen LogP contribution is 2.30. The molecule has 2 aliphatic carbocycles. The van der Waals surface area contributed by atoms with Gasteiger partial charge in [0.05, 0.1) is 24.9 Å². The highest BCUT2D eigenvalue weighted by molar-refractivity contribution is 4.84. The molecule has 0 radical (unpaired) electrons. The molecule has 2 saturated carbocycles. The van der Waals surface area contributed by atoms with Crippen LogP contribution in [-0.4, -0.2) is 37.5 Å². The van der Waals surface area contributed by atoms with Gasteiger partial charge in [-0.3, -0.25) is 0 Å². The van der Waals surface area contributed by atoms with Gasteiger partial charge in [-0.2, -0.15) is 0 Å². The third-order valence-corrected chi connectivity index (χ3v) is 5.27. The van der Waals surface area contributed by atoms with Gasteiger partial charge in [-0.05, 0) is 44.4 Å². The molecule has 1 N–H and O–H groups in total. The number of hydrogen-bond donors (Lipinski definition) is 1. The van der Waals surface area contributed by atoms with E-state index in [1.54, 1.807) is 0 Å². The zero-order valence-electron chi connectivity index (χ0n) is 13.0. The minimum absolute atomic E-state index is 0.348. The van der Waals surface area contributed by atoms with E-state index in [0.29, 0.717) is 18.3 Å². The molecule has 3 rings (SSSR count). The van der Waals surface area contributed by atoms with Crippen LogP contribution in [0.5, 0.6) is 0 Å². The summed E-state index contributed by atoms with van der Waals surface area (Å²) in [6.45, 7) is 4.17. The van der Waals surface area contributed by atoms with Crippen molar-refractivity contribution in [3.63, 3.8) is 0 Å². The molecule has 0 aromatic heterocycles. The molecule has 20 heavy (non-hydrogen) atoms. The molecule has 1 aliphatic heterocycles. The molecule has 0 bridgehead atoms. The highest BCUT2D eigenvalue weighted by Gasteiger charge is 2.30. The lowest BCUT2D eigenvalue weighted by atomic mass is 9.85. The molecule has 0 spiro atoms. The van der Waals surface area contributed by atoms with E-state index in [1.165, 1.54) is 57.8 Å². The maximum absolute atomic E-state index is 6.21. The SMILES string of the molecule is CCC1CCCCC1OCC1CCC(CNC2CC2)O1. The van der Waals surface area contributed by atoms with Gasteiger partial charge >= 0.3 is 0 Å². The Bertz CT molecular complexity index is 293. The standard InChI is InChI=1S/C17H31NO2/c1-2-13-5-3-4-6-17(13)19-12-16-10-9-15(20-16)11-18-14-7-8-14/h13-18H,2-12H2,1H3. The summed E-state index contributed by atoms with van der Waals surface area (Å²) in [5.41, 5.74) is 0. The van der Waals surface area contributed by atoms with Gasteiger partial charge in [0.15, 0.2) is 0 Å². The van der Waals surface area contributed by atoms with Crippen molar-refractivity contribution in [1.82, 2.24) is 5.32 Å². The highest BCUT2D eigenvalue weighted by atomic mass is 16.5. The third-order valence-electron chi connectivity index (χ3n) is 5.27. The molecule has 0 aromatic carbocycles. The normalized spacial score (nSPS) is 38.2. The molecule has 116 valence electrons. The average Bonchev–Trinajstić information content (AvgIpc) is 3.21. The van der Waals surface area contributed by atoms with E-state index in [9.17, 15) is 0 Å². The molecule has 4 unspecified atom stereocenters. The van der Waals surface area contributed by atoms with Crippen molar-refractivity contribution in [1.29, 1.82) is 0 Å². The Morgan fingerprint density at radius 1 is 1.00 bits per heavy atom. The first-order chi connectivity index (χ1) is 9.85. The molecule has 1 heterocycles. The minimum atomic E-state index is 0.348. The second-order valence-electron chi connectivity index (χ2n) is 6.96. The van der Waals surface area contributed by atoms with E-state index in [4.69, 9.17) is 9.47 Å². The molecule has 3 aliphatic rings. The Labute approximate surface area is 123 Å². The Morgan fingerprint density at radius 2 is 1.80 bits per heavy atom. The van der Waals surface area contributed by atoms with Gasteiger partial charge in [0.25, 0.3) is 0 Å². The molecular weight excluding hydrogens is 250 g/mol. The van der Waals surface area contributed by atoms with Crippen LogP contribution >= 0.6 is 0 Å². The molecule has 1 saturated heterocycles. The van der Waals surface area contributed by atoms with Crippen LogP contribution in [0.3, 0.4) is 0 Å². The molecule has 0 amide bonds. The van der Waals surface area contributed by atoms with Crippen LogP contribution in [0.25, 0.3) is 0 Å². The van der Waals surface area contributed by atoms with Gasteiger partial charge in [-0.1, -0.05) is 26.2 Å². The van der Waals surface area contributed by atoms with Crippen molar-refractivity contribution in [3.8, 4) is 0 Å². The second-order valence-corrected chi connectivity index (χ2v) is 6.96. The fourth-order valence-corrected chi connectivity index (χ4v) is 3.73. The summed E-state index contributed by atoms with van der Waals surface area (Å²) in [5, 5.41) is 3.57. The van der Waals surface area contributed by atoms with Crippen molar-refractivity contribution in [3.05, 3.63) is 0 Å². The predicted octanol–water partition coefficient (Wildman–Crippen LogP) is 3.27. The molecule has 0 aromatic rings. The lowest BCUT2D eigenvalue weighted by molar-refractivity contribution is -0.0687. The lowest BCUT2D eigenvalue weighted by Gasteiger charge is -2.31. The van der Waals surface area contributed by atoms with Crippen LogP contribution in [-0.2, 0) is 9.47 Å². The van der Waals surface area contributed by atoms with Gasteiger partial charge in [-0.25, -0.2) is 0 Å². The summed E-state index contributed by atoms with van der Waals surface area (Å²) in [5.74, 6) is 0.789. The largest absolute Gasteiger partial charge is 0.375 e. The quantitative estimate of drug-likeness (QED) is 0.777. The topological polar surface area (TPSA) is 30.5 Å². The van der Waals surface area contributed by atoms with Crippen LogP contribution in [0.15, 0.2) is 0 Å². The van der Waals surface area contributed by atoms with Crippen LogP contribution in [0.2, 0.25) is 0 Å². The third kappa shape index (κ3) is 4.19. The van der Waals surface area contributed by atoms with Crippen LogP contribution in [0.1, 0.15) is 64.7 Å². The second kappa shape index (κ2) is 7.24. The van der Waals surface area contributed by atoms with E-state index in [1.807, 2.05) is 0 Å². The first kappa shape index (κ1) is 14.8. The maximum Gasteiger partial charge on any atom is 0.0814 e. The van der Waals surface area contributed by atoms with Crippen molar-refractivity contribution < 1.29 is 9.47 Å². The fourth-order valence-electron chi connectivity index (χ4n) is 3.73. The molecule has 3 heteroatoms. The van der Waals surface area contributed by atoms with Crippen molar-refractivity contribution >= 4 is 0 Å². The Morgan fingerprint density at radius 3 is 2.60 bits per heavy atom. The smallest absolute Gasteiger partial charge is 0.0814 e. The van der Waals surface area contributed by atoms with E-state index < -0.39 is 0 Å². The van der Waals surface area contributed by atoms with Crippen molar-refractivity contribution in [2.75, 3.05) is 13.2 Å². The number of rotatable bonds is 7. The van der Waals surface area contributed by atoms with Gasteiger partial charge in [-0.15, -0.1) is 0 Å². The number of hydrogen-bond acceptors (Lipinski definition) is 3. The zero-order chi connectivity index (χ0) is 13.8. The summed E-state index contributed by atoms with van der Waals surface area (Å²) < 4.78 is 12.3. The molecule has 4 atom stereocenters. The van der Waals surface area contributed by atoms with Gasteiger partial charge in [0, 0.05) is 12.6 Å². The van der Waals surface area contributed by atoms with Gasteiger partial charge < -0.3 is 14.8 Å². The maximum atomic E-state index is 6.21. The summed E-state index contributed by atoms with van der Waals surface area (Å²) in [7, 11) is 0. The first-order valence-corrected chi connectivity index (χ1v) is 8.85. The van der Waals surface area contributed by atoms with Crippen molar-refractivity contribution in [2.45, 2.75) is 89.1 Å².